The largest absolute Gasteiger partial charge is 0.340 e. The molecule has 0 aromatic rings. The highest BCUT2D eigenvalue weighted by Crippen LogP contribution is 2.14. The van der Waals surface area contributed by atoms with Crippen LogP contribution in [-0.2, 0) is 4.74 Å². The highest BCUT2D eigenvalue weighted by molar-refractivity contribution is 5.23. The first-order chi connectivity index (χ1) is 4.83. The van der Waals surface area contributed by atoms with E-state index in [1.54, 1.807) is 0 Å². The average molecular weight is 136 g/mol. The predicted molar refractivity (Wildman–Crippen MR) is 42.6 cm³/mol. The van der Waals surface area contributed by atoms with Gasteiger partial charge in [-0.15, -0.1) is 6.58 Å². The predicted octanol–water partition coefficient (Wildman–Crippen LogP) is 2.42. The van der Waals surface area contributed by atoms with Gasteiger partial charge in [0.25, 0.3) is 6.61 Å². The summed E-state index contributed by atoms with van der Waals surface area (Å²) in [6.45, 7) is 6.44. The van der Waals surface area contributed by atoms with E-state index in [-0.39, 0.29) is 0 Å². The SMILES string of the molecule is C=CCC=C1C=C(C)C[O+]1. The van der Waals surface area contributed by atoms with Gasteiger partial charge in [-0.3, -0.25) is 4.74 Å². The molecular weight excluding hydrogens is 124 g/mol. The molecule has 0 fully saturated rings. The van der Waals surface area contributed by atoms with Gasteiger partial charge in [-0.1, -0.05) is 6.08 Å². The summed E-state index contributed by atoms with van der Waals surface area (Å²) in [6, 6.07) is 0. The van der Waals surface area contributed by atoms with E-state index in [2.05, 4.69) is 19.6 Å². The molecule has 0 amide bonds. The number of ether oxygens (including phenoxy) is 1. The lowest BCUT2D eigenvalue weighted by Gasteiger charge is -1.78. The molecule has 0 aromatic heterocycles. The van der Waals surface area contributed by atoms with Crippen LogP contribution in [0, 0.1) is 0 Å². The normalized spacial score (nSPS) is 20.5. The Balaban J connectivity index is 2.50. The minimum absolute atomic E-state index is 0.753. The van der Waals surface area contributed by atoms with Crippen molar-refractivity contribution in [3.8, 4) is 0 Å². The van der Waals surface area contributed by atoms with Crippen molar-refractivity contribution >= 4 is 0 Å². The minimum atomic E-state index is 0.753. The van der Waals surface area contributed by atoms with Crippen molar-refractivity contribution in [2.75, 3.05) is 6.61 Å². The van der Waals surface area contributed by atoms with Crippen LogP contribution in [0.25, 0.3) is 0 Å². The summed E-state index contributed by atoms with van der Waals surface area (Å²) < 4.78 is 5.29. The van der Waals surface area contributed by atoms with E-state index in [0.29, 0.717) is 0 Å². The molecule has 0 saturated carbocycles. The maximum Gasteiger partial charge on any atom is 0.340 e. The number of rotatable bonds is 2. The van der Waals surface area contributed by atoms with Crippen LogP contribution in [0.15, 0.2) is 36.1 Å². The van der Waals surface area contributed by atoms with Crippen LogP contribution in [0.2, 0.25) is 0 Å². The van der Waals surface area contributed by atoms with Crippen LogP contribution in [0.3, 0.4) is 0 Å². The molecule has 53 valence electrons. The Labute approximate surface area is 61.7 Å². The van der Waals surface area contributed by atoms with Crippen LogP contribution >= 0.6 is 0 Å². The Morgan fingerprint density at radius 3 is 3.10 bits per heavy atom. The molecule has 0 bridgehead atoms. The zero-order chi connectivity index (χ0) is 7.40. The Hall–Kier alpha value is -0.980. The van der Waals surface area contributed by atoms with Gasteiger partial charge < -0.3 is 0 Å². The van der Waals surface area contributed by atoms with Gasteiger partial charge >= 0.3 is 5.76 Å². The fraction of sp³-hybridized carbons (Fsp3) is 0.333. The van der Waals surface area contributed by atoms with Gasteiger partial charge in [0.1, 0.15) is 0 Å². The minimum Gasteiger partial charge on any atom is -0.250 e. The van der Waals surface area contributed by atoms with Crippen molar-refractivity contribution in [1.82, 2.24) is 0 Å². The van der Waals surface area contributed by atoms with E-state index in [4.69, 9.17) is 4.74 Å². The molecule has 0 atom stereocenters. The highest BCUT2D eigenvalue weighted by Gasteiger charge is 2.17. The van der Waals surface area contributed by atoms with Crippen LogP contribution < -0.4 is 0 Å². The Morgan fingerprint density at radius 2 is 2.60 bits per heavy atom. The zero-order valence-corrected chi connectivity index (χ0v) is 6.26. The van der Waals surface area contributed by atoms with E-state index >= 15 is 0 Å². The van der Waals surface area contributed by atoms with Crippen LogP contribution in [0.1, 0.15) is 13.3 Å². The lowest BCUT2D eigenvalue weighted by atomic mass is 10.3. The summed E-state index contributed by atoms with van der Waals surface area (Å²) in [6.07, 6.45) is 6.84. The lowest BCUT2D eigenvalue weighted by Crippen LogP contribution is -1.81. The van der Waals surface area contributed by atoms with Gasteiger partial charge in [0.15, 0.2) is 0 Å². The molecule has 1 rings (SSSR count). The Bertz CT molecular complexity index is 187. The van der Waals surface area contributed by atoms with Gasteiger partial charge in [-0.05, 0) is 13.3 Å². The molecular formula is C9H12O+. The smallest absolute Gasteiger partial charge is 0.250 e. The molecule has 0 unspecified atom stereocenters. The quantitative estimate of drug-likeness (QED) is 0.419. The van der Waals surface area contributed by atoms with Crippen molar-refractivity contribution in [2.24, 2.45) is 0 Å². The summed E-state index contributed by atoms with van der Waals surface area (Å²) in [5, 5.41) is 0. The Kier molecular flexibility index (Phi) is 2.32. The van der Waals surface area contributed by atoms with Crippen LogP contribution in [0.4, 0.5) is 0 Å². The zero-order valence-electron chi connectivity index (χ0n) is 6.26. The third-order valence-electron chi connectivity index (χ3n) is 1.34. The standard InChI is InChI=1S/C9H12O/c1-3-4-5-9-6-8(2)7-10-9/h3,5-6H,1,4,7H2,2H3/q+1. The molecule has 0 spiro atoms. The van der Waals surface area contributed by atoms with Gasteiger partial charge in [0.05, 0.1) is 0 Å². The van der Waals surface area contributed by atoms with Gasteiger partial charge in [0.2, 0.25) is 0 Å². The summed E-state index contributed by atoms with van der Waals surface area (Å²) in [4.78, 5) is 0. The van der Waals surface area contributed by atoms with E-state index < -0.39 is 0 Å². The van der Waals surface area contributed by atoms with Crippen molar-refractivity contribution in [1.29, 1.82) is 0 Å². The first-order valence-corrected chi connectivity index (χ1v) is 3.44. The fourth-order valence-electron chi connectivity index (χ4n) is 0.841. The maximum atomic E-state index is 5.29. The molecule has 0 aliphatic carbocycles. The number of allylic oxidation sites excluding steroid dienone is 3. The van der Waals surface area contributed by atoms with Crippen molar-refractivity contribution in [3.05, 3.63) is 36.1 Å². The second-order valence-electron chi connectivity index (χ2n) is 2.41. The maximum absolute atomic E-state index is 5.29. The van der Waals surface area contributed by atoms with E-state index in [0.717, 1.165) is 18.8 Å². The molecule has 1 heterocycles. The van der Waals surface area contributed by atoms with Crippen molar-refractivity contribution in [3.63, 3.8) is 0 Å². The van der Waals surface area contributed by atoms with Gasteiger partial charge in [0, 0.05) is 17.7 Å². The molecule has 1 aliphatic rings. The van der Waals surface area contributed by atoms with Crippen molar-refractivity contribution in [2.45, 2.75) is 13.3 Å². The fourth-order valence-corrected chi connectivity index (χ4v) is 0.841. The van der Waals surface area contributed by atoms with E-state index in [1.165, 1.54) is 5.57 Å². The molecule has 10 heavy (non-hydrogen) atoms. The summed E-state index contributed by atoms with van der Waals surface area (Å²) in [7, 11) is 0. The van der Waals surface area contributed by atoms with Gasteiger partial charge in [-0.2, -0.15) is 0 Å². The third kappa shape index (κ3) is 1.76. The molecule has 1 heteroatoms. The first kappa shape index (κ1) is 7.13. The topological polar surface area (TPSA) is 11.3 Å². The van der Waals surface area contributed by atoms with Crippen LogP contribution in [0.5, 0.6) is 0 Å². The highest BCUT2D eigenvalue weighted by atomic mass is 16.5. The van der Waals surface area contributed by atoms with Crippen molar-refractivity contribution < 1.29 is 4.74 Å². The second kappa shape index (κ2) is 3.25. The third-order valence-corrected chi connectivity index (χ3v) is 1.34. The molecule has 1 nitrogen and oxygen atoms in total. The molecule has 0 N–H and O–H groups in total. The van der Waals surface area contributed by atoms with E-state index in [9.17, 15) is 0 Å². The first-order valence-electron chi connectivity index (χ1n) is 3.44. The van der Waals surface area contributed by atoms with Crippen LogP contribution in [-0.4, -0.2) is 6.61 Å². The van der Waals surface area contributed by atoms with Gasteiger partial charge in [-0.25, -0.2) is 0 Å². The Morgan fingerprint density at radius 1 is 1.80 bits per heavy atom. The molecule has 1 aliphatic heterocycles. The molecule has 0 saturated heterocycles. The monoisotopic (exact) mass is 136 g/mol. The summed E-state index contributed by atoms with van der Waals surface area (Å²) in [5.74, 6) is 0.984. The number of hydrogen-bond acceptors (Lipinski definition) is 1. The molecule has 0 aromatic carbocycles. The second-order valence-corrected chi connectivity index (χ2v) is 2.41. The number of hydrogen-bond donors (Lipinski definition) is 0. The summed E-state index contributed by atoms with van der Waals surface area (Å²) >= 11 is 0. The van der Waals surface area contributed by atoms with E-state index in [1.807, 2.05) is 12.2 Å². The average Bonchev–Trinajstić information content (AvgIpc) is 2.31. The molecule has 1 radical (unpaired) electrons. The summed E-state index contributed by atoms with van der Waals surface area (Å²) in [5.41, 5.74) is 1.29. The lowest BCUT2D eigenvalue weighted by molar-refractivity contribution is 0.272.